The fourth-order valence-corrected chi connectivity index (χ4v) is 4.09. The second-order valence-electron chi connectivity index (χ2n) is 6.45. The molecule has 3 nitrogen and oxygen atoms in total. The third kappa shape index (κ3) is 2.87. The van der Waals surface area contributed by atoms with Crippen LogP contribution in [0.25, 0.3) is 0 Å². The van der Waals surface area contributed by atoms with E-state index < -0.39 is 0 Å². The normalized spacial score (nSPS) is 25.3. The van der Waals surface area contributed by atoms with E-state index >= 15 is 0 Å². The lowest BCUT2D eigenvalue weighted by molar-refractivity contribution is -0.0381. The predicted molar refractivity (Wildman–Crippen MR) is 96.8 cm³/mol. The predicted octanol–water partition coefficient (Wildman–Crippen LogP) is 5.37. The number of fused-ring (bicyclic) bond motifs is 3. The van der Waals surface area contributed by atoms with Gasteiger partial charge in [0.1, 0.15) is 5.75 Å². The van der Waals surface area contributed by atoms with E-state index in [1.807, 2.05) is 19.1 Å². The molecule has 126 valence electrons. The Morgan fingerprint density at radius 3 is 2.83 bits per heavy atom. The Kier molecular flexibility index (Phi) is 4.38. The van der Waals surface area contributed by atoms with E-state index in [2.05, 4.69) is 35.6 Å². The number of ether oxygens (including phenoxy) is 2. The molecule has 4 heteroatoms. The summed E-state index contributed by atoms with van der Waals surface area (Å²) in [6.45, 7) is 3.51. The van der Waals surface area contributed by atoms with Crippen molar-refractivity contribution >= 4 is 17.3 Å². The molecule has 0 saturated carbocycles. The number of benzene rings is 2. The maximum Gasteiger partial charge on any atom is 0.119 e. The Labute approximate surface area is 147 Å². The summed E-state index contributed by atoms with van der Waals surface area (Å²) >= 11 is 6.21. The van der Waals surface area contributed by atoms with Gasteiger partial charge in [0.25, 0.3) is 0 Å². The lowest BCUT2D eigenvalue weighted by atomic mass is 9.77. The molecule has 0 aliphatic carbocycles. The monoisotopic (exact) mass is 343 g/mol. The lowest BCUT2D eigenvalue weighted by Crippen LogP contribution is -2.35. The van der Waals surface area contributed by atoms with Crippen molar-refractivity contribution < 1.29 is 9.47 Å². The van der Waals surface area contributed by atoms with Crippen LogP contribution in [0.5, 0.6) is 5.75 Å². The summed E-state index contributed by atoms with van der Waals surface area (Å²) in [5, 5.41) is 4.48. The van der Waals surface area contributed by atoms with Crippen LogP contribution in [0, 0.1) is 5.92 Å². The average Bonchev–Trinajstić information content (AvgIpc) is 2.62. The van der Waals surface area contributed by atoms with E-state index in [0.717, 1.165) is 35.9 Å². The Morgan fingerprint density at radius 2 is 2.04 bits per heavy atom. The van der Waals surface area contributed by atoms with Crippen LogP contribution < -0.4 is 10.1 Å². The van der Waals surface area contributed by atoms with Crippen LogP contribution in [0.2, 0.25) is 5.02 Å². The topological polar surface area (TPSA) is 30.5 Å². The van der Waals surface area contributed by atoms with E-state index in [0.29, 0.717) is 12.5 Å². The molecule has 2 aliphatic rings. The zero-order valence-corrected chi connectivity index (χ0v) is 14.6. The van der Waals surface area contributed by atoms with Crippen molar-refractivity contribution in [2.75, 3.05) is 18.5 Å². The molecule has 0 radical (unpaired) electrons. The van der Waals surface area contributed by atoms with Gasteiger partial charge in [0.2, 0.25) is 0 Å². The van der Waals surface area contributed by atoms with Crippen molar-refractivity contribution in [3.05, 3.63) is 58.6 Å². The van der Waals surface area contributed by atoms with E-state index in [4.69, 9.17) is 21.1 Å². The minimum Gasteiger partial charge on any atom is -0.494 e. The van der Waals surface area contributed by atoms with Crippen molar-refractivity contribution in [2.24, 2.45) is 5.92 Å². The van der Waals surface area contributed by atoms with Gasteiger partial charge in [0.05, 0.1) is 18.8 Å². The summed E-state index contributed by atoms with van der Waals surface area (Å²) in [5.74, 6) is 1.34. The molecular weight excluding hydrogens is 322 g/mol. The SMILES string of the molecule is CCOc1ccc([C@@H]2Nc3ccc(Cl)cc3[C@H]3OCCC[C@H]32)cc1. The molecule has 2 aromatic carbocycles. The van der Waals surface area contributed by atoms with E-state index in [-0.39, 0.29) is 12.1 Å². The van der Waals surface area contributed by atoms with Crippen LogP contribution in [0.4, 0.5) is 5.69 Å². The third-order valence-electron chi connectivity index (χ3n) is 4.98. The molecule has 0 spiro atoms. The van der Waals surface area contributed by atoms with Crippen molar-refractivity contribution in [2.45, 2.75) is 31.9 Å². The number of hydrogen-bond donors (Lipinski definition) is 1. The van der Waals surface area contributed by atoms with Crippen molar-refractivity contribution in [3.63, 3.8) is 0 Å². The van der Waals surface area contributed by atoms with Gasteiger partial charge in [-0.3, -0.25) is 0 Å². The molecule has 1 N–H and O–H groups in total. The van der Waals surface area contributed by atoms with Crippen LogP contribution >= 0.6 is 11.6 Å². The van der Waals surface area contributed by atoms with Gasteiger partial charge in [-0.15, -0.1) is 0 Å². The summed E-state index contributed by atoms with van der Waals surface area (Å²) in [5.41, 5.74) is 3.59. The number of nitrogens with one attached hydrogen (secondary N) is 1. The minimum absolute atomic E-state index is 0.116. The maximum absolute atomic E-state index is 6.21. The van der Waals surface area contributed by atoms with Gasteiger partial charge in [-0.2, -0.15) is 0 Å². The van der Waals surface area contributed by atoms with Crippen molar-refractivity contribution in [3.8, 4) is 5.75 Å². The highest BCUT2D eigenvalue weighted by Gasteiger charge is 2.39. The highest BCUT2D eigenvalue weighted by Crippen LogP contribution is 2.49. The molecular formula is C20H22ClNO2. The van der Waals surface area contributed by atoms with E-state index in [1.165, 1.54) is 11.1 Å². The molecule has 0 bridgehead atoms. The van der Waals surface area contributed by atoms with Crippen LogP contribution in [-0.2, 0) is 4.74 Å². The fourth-order valence-electron chi connectivity index (χ4n) is 3.91. The molecule has 2 aromatic rings. The van der Waals surface area contributed by atoms with Crippen LogP contribution in [-0.4, -0.2) is 13.2 Å². The van der Waals surface area contributed by atoms with Crippen molar-refractivity contribution in [1.82, 2.24) is 0 Å². The first kappa shape index (κ1) is 15.8. The first-order valence-corrected chi connectivity index (χ1v) is 9.04. The van der Waals surface area contributed by atoms with Crippen LogP contribution in [0.3, 0.4) is 0 Å². The van der Waals surface area contributed by atoms with Crippen molar-refractivity contribution in [1.29, 1.82) is 0 Å². The molecule has 0 unspecified atom stereocenters. The highest BCUT2D eigenvalue weighted by atomic mass is 35.5. The Balaban J connectivity index is 1.69. The Bertz CT molecular complexity index is 716. The molecule has 1 saturated heterocycles. The van der Waals surface area contributed by atoms with Gasteiger partial charge >= 0.3 is 0 Å². The van der Waals surface area contributed by atoms with Gasteiger partial charge in [-0.25, -0.2) is 0 Å². The number of hydrogen-bond acceptors (Lipinski definition) is 3. The van der Waals surface area contributed by atoms with Gasteiger partial charge in [-0.1, -0.05) is 23.7 Å². The van der Waals surface area contributed by atoms with Gasteiger partial charge in [0, 0.05) is 28.8 Å². The largest absolute Gasteiger partial charge is 0.494 e. The fraction of sp³-hybridized carbons (Fsp3) is 0.400. The summed E-state index contributed by atoms with van der Waals surface area (Å²) < 4.78 is 11.7. The quantitative estimate of drug-likeness (QED) is 0.812. The molecule has 2 aliphatic heterocycles. The number of halogens is 1. The summed E-state index contributed by atoms with van der Waals surface area (Å²) in [7, 11) is 0. The number of anilines is 1. The second kappa shape index (κ2) is 6.66. The molecule has 0 amide bonds. The van der Waals surface area contributed by atoms with E-state index in [9.17, 15) is 0 Å². The lowest BCUT2D eigenvalue weighted by Gasteiger charge is -2.43. The molecule has 4 rings (SSSR count). The molecule has 1 fully saturated rings. The molecule has 3 atom stereocenters. The zero-order valence-electron chi connectivity index (χ0n) is 13.8. The Hall–Kier alpha value is -1.71. The standard InChI is InChI=1S/C20H22ClNO2/c1-2-23-15-8-5-13(6-9-15)19-16-4-3-11-24-20(16)17-12-14(21)7-10-18(17)22-19/h5-10,12,16,19-20,22H,2-4,11H2,1H3/t16-,19-,20-/m0/s1. The zero-order chi connectivity index (χ0) is 16.5. The first-order chi connectivity index (χ1) is 11.8. The maximum atomic E-state index is 6.21. The average molecular weight is 344 g/mol. The summed E-state index contributed by atoms with van der Waals surface area (Å²) in [4.78, 5) is 0. The van der Waals surface area contributed by atoms with Gasteiger partial charge in [-0.05, 0) is 55.7 Å². The highest BCUT2D eigenvalue weighted by molar-refractivity contribution is 6.30. The van der Waals surface area contributed by atoms with Gasteiger partial charge < -0.3 is 14.8 Å². The third-order valence-corrected chi connectivity index (χ3v) is 5.21. The molecule has 0 aromatic heterocycles. The van der Waals surface area contributed by atoms with Crippen LogP contribution in [0.1, 0.15) is 43.0 Å². The molecule has 2 heterocycles. The smallest absolute Gasteiger partial charge is 0.119 e. The summed E-state index contributed by atoms with van der Waals surface area (Å²) in [6.07, 6.45) is 2.37. The second-order valence-corrected chi connectivity index (χ2v) is 6.89. The molecule has 24 heavy (non-hydrogen) atoms. The Morgan fingerprint density at radius 1 is 1.21 bits per heavy atom. The first-order valence-electron chi connectivity index (χ1n) is 8.66. The minimum atomic E-state index is 0.116. The number of rotatable bonds is 3. The van der Waals surface area contributed by atoms with Crippen LogP contribution in [0.15, 0.2) is 42.5 Å². The van der Waals surface area contributed by atoms with E-state index in [1.54, 1.807) is 0 Å². The van der Waals surface area contributed by atoms with Gasteiger partial charge in [0.15, 0.2) is 0 Å². The summed E-state index contributed by atoms with van der Waals surface area (Å²) in [6, 6.07) is 14.7.